The quantitative estimate of drug-likeness (QED) is 0.600. The lowest BCUT2D eigenvalue weighted by Gasteiger charge is -2.33. The summed E-state index contributed by atoms with van der Waals surface area (Å²) in [5, 5.41) is 10.4. The molecule has 2 N–H and O–H groups in total. The highest BCUT2D eigenvalue weighted by molar-refractivity contribution is 7.14. The van der Waals surface area contributed by atoms with Crippen molar-refractivity contribution in [1.82, 2.24) is 15.5 Å². The molecule has 0 aliphatic carbocycles. The van der Waals surface area contributed by atoms with E-state index < -0.39 is 0 Å². The van der Waals surface area contributed by atoms with Crippen molar-refractivity contribution in [3.05, 3.63) is 52.9 Å². The highest BCUT2D eigenvalue weighted by Gasteiger charge is 2.20. The van der Waals surface area contributed by atoms with Crippen LogP contribution >= 0.6 is 11.3 Å². The highest BCUT2D eigenvalue weighted by atomic mass is 32.1. The number of anilines is 1. The molecule has 1 aliphatic rings. The number of piperidine rings is 1. The molecule has 7 heteroatoms. The van der Waals surface area contributed by atoms with Gasteiger partial charge in [0, 0.05) is 52.4 Å². The van der Waals surface area contributed by atoms with Crippen LogP contribution in [0.3, 0.4) is 0 Å². The van der Waals surface area contributed by atoms with Gasteiger partial charge in [0.25, 0.3) is 5.91 Å². The molecule has 0 saturated carbocycles. The van der Waals surface area contributed by atoms with Crippen molar-refractivity contribution in [2.75, 3.05) is 39.1 Å². The van der Waals surface area contributed by atoms with Gasteiger partial charge in [0.15, 0.2) is 5.96 Å². The summed E-state index contributed by atoms with van der Waals surface area (Å²) in [4.78, 5) is 20.4. The summed E-state index contributed by atoms with van der Waals surface area (Å²) in [5.41, 5.74) is 1.82. The molecule has 2 heterocycles. The Hall–Kier alpha value is -2.54. The Balaban J connectivity index is 1.46. The number of benzene rings is 1. The fourth-order valence-corrected chi connectivity index (χ4v) is 4.08. The fourth-order valence-electron chi connectivity index (χ4n) is 3.29. The predicted octanol–water partition coefficient (Wildman–Crippen LogP) is 2.78. The van der Waals surface area contributed by atoms with Crippen molar-refractivity contribution in [3.63, 3.8) is 0 Å². The first-order chi connectivity index (χ1) is 13.6. The first-order valence-corrected chi connectivity index (χ1v) is 10.5. The number of hydrogen-bond donors (Lipinski definition) is 2. The van der Waals surface area contributed by atoms with Gasteiger partial charge in [-0.05, 0) is 48.1 Å². The van der Waals surface area contributed by atoms with Gasteiger partial charge in [0.2, 0.25) is 0 Å². The number of amides is 1. The van der Waals surface area contributed by atoms with Crippen LogP contribution in [-0.2, 0) is 6.54 Å². The molecule has 1 aromatic carbocycles. The topological polar surface area (TPSA) is 60.0 Å². The molecule has 0 unspecified atom stereocenters. The standard InChI is InChI=1S/C21H29N5OS/c1-22-21(23-15-16-6-8-17(9-7-16)20(27)25(2)3)24-18-10-12-26(13-11-18)19-5-4-14-28-19/h4-9,14,18H,10-13,15H2,1-3H3,(H2,22,23,24). The summed E-state index contributed by atoms with van der Waals surface area (Å²) >= 11 is 1.80. The Bertz CT molecular complexity index is 778. The zero-order chi connectivity index (χ0) is 19.9. The van der Waals surface area contributed by atoms with Crippen LogP contribution in [-0.4, -0.2) is 57.0 Å². The lowest BCUT2D eigenvalue weighted by molar-refractivity contribution is 0.0827. The number of guanidine groups is 1. The van der Waals surface area contributed by atoms with Gasteiger partial charge in [0.1, 0.15) is 0 Å². The van der Waals surface area contributed by atoms with E-state index in [2.05, 4.69) is 38.0 Å². The second-order valence-electron chi connectivity index (χ2n) is 7.18. The second kappa shape index (κ2) is 9.59. The Labute approximate surface area is 171 Å². The number of rotatable bonds is 5. The molecule has 0 bridgehead atoms. The molecule has 1 amide bonds. The minimum absolute atomic E-state index is 0.0193. The van der Waals surface area contributed by atoms with E-state index in [0.29, 0.717) is 18.2 Å². The molecule has 3 rings (SSSR count). The maximum atomic E-state index is 12.0. The number of aliphatic imine (C=N–C) groups is 1. The molecule has 0 radical (unpaired) electrons. The molecule has 28 heavy (non-hydrogen) atoms. The average molecular weight is 400 g/mol. The molecule has 150 valence electrons. The third kappa shape index (κ3) is 5.25. The van der Waals surface area contributed by atoms with Gasteiger partial charge in [-0.3, -0.25) is 9.79 Å². The van der Waals surface area contributed by atoms with Gasteiger partial charge in [-0.2, -0.15) is 0 Å². The second-order valence-corrected chi connectivity index (χ2v) is 8.11. The first kappa shape index (κ1) is 20.2. The van der Waals surface area contributed by atoms with Crippen LogP contribution in [0.25, 0.3) is 0 Å². The van der Waals surface area contributed by atoms with Gasteiger partial charge >= 0.3 is 0 Å². The van der Waals surface area contributed by atoms with Crippen molar-refractivity contribution in [3.8, 4) is 0 Å². The van der Waals surface area contributed by atoms with E-state index in [-0.39, 0.29) is 5.91 Å². The predicted molar refractivity (Wildman–Crippen MR) is 117 cm³/mol. The van der Waals surface area contributed by atoms with Crippen LogP contribution in [0, 0.1) is 0 Å². The zero-order valence-corrected chi connectivity index (χ0v) is 17.6. The van der Waals surface area contributed by atoms with E-state index in [0.717, 1.165) is 37.5 Å². The molecule has 1 fully saturated rings. The van der Waals surface area contributed by atoms with Crippen molar-refractivity contribution in [1.29, 1.82) is 0 Å². The number of hydrogen-bond acceptors (Lipinski definition) is 4. The van der Waals surface area contributed by atoms with Gasteiger partial charge in [-0.25, -0.2) is 0 Å². The van der Waals surface area contributed by atoms with Crippen LogP contribution in [0.4, 0.5) is 5.00 Å². The first-order valence-electron chi connectivity index (χ1n) is 9.63. The summed E-state index contributed by atoms with van der Waals surface area (Å²) in [6.07, 6.45) is 2.19. The van der Waals surface area contributed by atoms with Crippen molar-refractivity contribution in [2.45, 2.75) is 25.4 Å². The summed E-state index contributed by atoms with van der Waals surface area (Å²) in [6.45, 7) is 2.80. The van der Waals surface area contributed by atoms with Crippen molar-refractivity contribution in [2.24, 2.45) is 4.99 Å². The third-order valence-corrected chi connectivity index (χ3v) is 5.87. The number of thiophene rings is 1. The van der Waals surface area contributed by atoms with Crippen LogP contribution in [0.15, 0.2) is 46.8 Å². The molecule has 0 atom stereocenters. The maximum absolute atomic E-state index is 12.0. The minimum Gasteiger partial charge on any atom is -0.363 e. The zero-order valence-electron chi connectivity index (χ0n) is 16.8. The normalized spacial score (nSPS) is 15.4. The molecule has 0 spiro atoms. The summed E-state index contributed by atoms with van der Waals surface area (Å²) in [6, 6.07) is 12.4. The van der Waals surface area contributed by atoms with E-state index in [4.69, 9.17) is 0 Å². The fraction of sp³-hybridized carbons (Fsp3) is 0.429. The molecule has 1 aromatic heterocycles. The van der Waals surface area contributed by atoms with E-state index in [9.17, 15) is 4.79 Å². The Kier molecular flexibility index (Phi) is 6.92. The van der Waals surface area contributed by atoms with Gasteiger partial charge in [-0.15, -0.1) is 11.3 Å². The lowest BCUT2D eigenvalue weighted by Crippen LogP contribution is -2.48. The van der Waals surface area contributed by atoms with Gasteiger partial charge in [-0.1, -0.05) is 12.1 Å². The van der Waals surface area contributed by atoms with E-state index in [1.165, 1.54) is 5.00 Å². The lowest BCUT2D eigenvalue weighted by atomic mass is 10.1. The molecular weight excluding hydrogens is 370 g/mol. The van der Waals surface area contributed by atoms with Gasteiger partial charge < -0.3 is 20.4 Å². The minimum atomic E-state index is 0.0193. The van der Waals surface area contributed by atoms with Crippen LogP contribution in [0.1, 0.15) is 28.8 Å². The van der Waals surface area contributed by atoms with Crippen molar-refractivity contribution >= 4 is 28.2 Å². The third-order valence-electron chi connectivity index (χ3n) is 4.94. The highest BCUT2D eigenvalue weighted by Crippen LogP contribution is 2.24. The molecule has 2 aromatic rings. The number of carbonyl (C=O) groups excluding carboxylic acids is 1. The van der Waals surface area contributed by atoms with Crippen molar-refractivity contribution < 1.29 is 4.79 Å². The summed E-state index contributed by atoms with van der Waals surface area (Å²) in [5.74, 6) is 0.842. The number of nitrogens with one attached hydrogen (secondary N) is 2. The Morgan fingerprint density at radius 3 is 2.50 bits per heavy atom. The summed E-state index contributed by atoms with van der Waals surface area (Å²) < 4.78 is 0. The Morgan fingerprint density at radius 2 is 1.93 bits per heavy atom. The average Bonchev–Trinajstić information content (AvgIpc) is 3.26. The SMILES string of the molecule is CN=C(NCc1ccc(C(=O)N(C)C)cc1)NC1CCN(c2cccs2)CC1. The van der Waals surface area contributed by atoms with Crippen LogP contribution < -0.4 is 15.5 Å². The maximum Gasteiger partial charge on any atom is 0.253 e. The van der Waals surface area contributed by atoms with E-state index in [1.54, 1.807) is 37.4 Å². The molecular formula is C21H29N5OS. The van der Waals surface area contributed by atoms with E-state index >= 15 is 0 Å². The van der Waals surface area contributed by atoms with Crippen LogP contribution in [0.2, 0.25) is 0 Å². The largest absolute Gasteiger partial charge is 0.363 e. The Morgan fingerprint density at radius 1 is 1.21 bits per heavy atom. The summed E-state index contributed by atoms with van der Waals surface area (Å²) in [7, 11) is 5.33. The van der Waals surface area contributed by atoms with Crippen LogP contribution in [0.5, 0.6) is 0 Å². The monoisotopic (exact) mass is 399 g/mol. The van der Waals surface area contributed by atoms with Gasteiger partial charge in [0.05, 0.1) is 5.00 Å². The molecule has 6 nitrogen and oxygen atoms in total. The number of nitrogens with zero attached hydrogens (tertiary/aromatic N) is 3. The number of carbonyl (C=O) groups is 1. The van der Waals surface area contributed by atoms with E-state index in [1.807, 2.05) is 24.3 Å². The molecule has 1 saturated heterocycles. The molecule has 1 aliphatic heterocycles. The smallest absolute Gasteiger partial charge is 0.253 e.